The standard InChI is InChI=1S/C19H21ClN8O2/c1-26-7-5-15(6-8-26)27-12-14(10-22-27)24-19-21-11-17(20)18(25-19)23-13-3-2-4-16(9-13)28(29)30/h2-4,9-12,15H,5-8H2,1H3,(H2,21,23,24,25). The number of aromatic nitrogens is 4. The molecule has 2 aromatic heterocycles. The van der Waals surface area contributed by atoms with Crippen molar-refractivity contribution in [2.45, 2.75) is 18.9 Å². The zero-order valence-corrected chi connectivity index (χ0v) is 17.1. The molecule has 1 saturated heterocycles. The van der Waals surface area contributed by atoms with Crippen LogP contribution in [0, 0.1) is 10.1 Å². The summed E-state index contributed by atoms with van der Waals surface area (Å²) in [5.74, 6) is 0.688. The third-order valence-electron chi connectivity index (χ3n) is 4.98. The molecule has 10 nitrogen and oxygen atoms in total. The lowest BCUT2D eigenvalue weighted by atomic mass is 10.1. The minimum atomic E-state index is -0.457. The van der Waals surface area contributed by atoms with E-state index in [1.807, 2.05) is 10.9 Å². The zero-order chi connectivity index (χ0) is 21.1. The predicted octanol–water partition coefficient (Wildman–Crippen LogP) is 3.99. The number of piperidine rings is 1. The first kappa shape index (κ1) is 20.0. The molecule has 156 valence electrons. The molecule has 1 aliphatic rings. The van der Waals surface area contributed by atoms with Crippen molar-refractivity contribution in [1.82, 2.24) is 24.6 Å². The van der Waals surface area contributed by atoms with Crippen LogP contribution in [0.3, 0.4) is 0 Å². The molecule has 4 rings (SSSR count). The highest BCUT2D eigenvalue weighted by Gasteiger charge is 2.19. The summed E-state index contributed by atoms with van der Waals surface area (Å²) in [6.07, 6.45) is 7.28. The number of nitrogens with one attached hydrogen (secondary N) is 2. The Labute approximate surface area is 178 Å². The first-order chi connectivity index (χ1) is 14.5. The molecule has 0 atom stereocenters. The fraction of sp³-hybridized carbons (Fsp3) is 0.316. The Balaban J connectivity index is 1.47. The van der Waals surface area contributed by atoms with Gasteiger partial charge in [0.15, 0.2) is 5.82 Å². The molecule has 30 heavy (non-hydrogen) atoms. The number of rotatable bonds is 6. The highest BCUT2D eigenvalue weighted by Crippen LogP contribution is 2.27. The Morgan fingerprint density at radius 2 is 2.00 bits per heavy atom. The number of anilines is 4. The molecule has 3 aromatic rings. The van der Waals surface area contributed by atoms with Crippen LogP contribution in [-0.4, -0.2) is 49.7 Å². The minimum Gasteiger partial charge on any atom is -0.339 e. The summed E-state index contributed by atoms with van der Waals surface area (Å²) in [4.78, 5) is 21.4. The number of nitro benzene ring substituents is 1. The average molecular weight is 429 g/mol. The topological polar surface area (TPSA) is 114 Å². The van der Waals surface area contributed by atoms with Crippen LogP contribution < -0.4 is 10.6 Å². The fourth-order valence-electron chi connectivity index (χ4n) is 3.34. The van der Waals surface area contributed by atoms with Gasteiger partial charge in [-0.1, -0.05) is 17.7 Å². The molecule has 0 amide bonds. The number of likely N-dealkylation sites (tertiary alicyclic amines) is 1. The van der Waals surface area contributed by atoms with E-state index in [0.717, 1.165) is 31.6 Å². The van der Waals surface area contributed by atoms with Gasteiger partial charge in [0.2, 0.25) is 5.95 Å². The number of nitrogens with zero attached hydrogens (tertiary/aromatic N) is 6. The van der Waals surface area contributed by atoms with E-state index in [1.165, 1.54) is 18.3 Å². The number of hydrogen-bond donors (Lipinski definition) is 2. The molecule has 0 radical (unpaired) electrons. The van der Waals surface area contributed by atoms with Gasteiger partial charge in [-0.25, -0.2) is 4.98 Å². The Morgan fingerprint density at radius 3 is 2.77 bits per heavy atom. The summed E-state index contributed by atoms with van der Waals surface area (Å²) < 4.78 is 1.98. The maximum Gasteiger partial charge on any atom is 0.271 e. The Morgan fingerprint density at radius 1 is 1.20 bits per heavy atom. The van der Waals surface area contributed by atoms with Crippen LogP contribution in [-0.2, 0) is 0 Å². The molecule has 0 unspecified atom stereocenters. The van der Waals surface area contributed by atoms with Gasteiger partial charge in [-0.15, -0.1) is 0 Å². The van der Waals surface area contributed by atoms with Crippen molar-refractivity contribution < 1.29 is 4.92 Å². The van der Waals surface area contributed by atoms with Gasteiger partial charge in [0, 0.05) is 24.0 Å². The van der Waals surface area contributed by atoms with Gasteiger partial charge in [-0.3, -0.25) is 14.8 Å². The van der Waals surface area contributed by atoms with Gasteiger partial charge in [0.1, 0.15) is 5.02 Å². The van der Waals surface area contributed by atoms with Gasteiger partial charge in [-0.05, 0) is 39.0 Å². The third kappa shape index (κ3) is 4.66. The lowest BCUT2D eigenvalue weighted by Gasteiger charge is -2.28. The van der Waals surface area contributed by atoms with E-state index in [0.29, 0.717) is 28.5 Å². The third-order valence-corrected chi connectivity index (χ3v) is 5.26. The summed E-state index contributed by atoms with van der Waals surface area (Å²) in [7, 11) is 2.13. The van der Waals surface area contributed by atoms with Gasteiger partial charge >= 0.3 is 0 Å². The van der Waals surface area contributed by atoms with E-state index >= 15 is 0 Å². The van der Waals surface area contributed by atoms with Crippen LogP contribution in [0.15, 0.2) is 42.9 Å². The molecule has 3 heterocycles. The largest absolute Gasteiger partial charge is 0.339 e. The molecule has 1 aliphatic heterocycles. The number of non-ortho nitro benzene ring substituents is 1. The van der Waals surface area contributed by atoms with Crippen LogP contribution in [0.25, 0.3) is 0 Å². The number of benzene rings is 1. The first-order valence-corrected chi connectivity index (χ1v) is 9.89. The van der Waals surface area contributed by atoms with Crippen LogP contribution in [0.1, 0.15) is 18.9 Å². The second-order valence-corrected chi connectivity index (χ2v) is 7.60. The van der Waals surface area contributed by atoms with Crippen molar-refractivity contribution in [3.05, 3.63) is 58.0 Å². The van der Waals surface area contributed by atoms with Crippen molar-refractivity contribution in [1.29, 1.82) is 0 Å². The van der Waals surface area contributed by atoms with E-state index in [1.54, 1.807) is 18.3 Å². The smallest absolute Gasteiger partial charge is 0.271 e. The molecular formula is C19H21ClN8O2. The van der Waals surface area contributed by atoms with Crippen molar-refractivity contribution in [2.75, 3.05) is 30.8 Å². The van der Waals surface area contributed by atoms with E-state index < -0.39 is 4.92 Å². The zero-order valence-electron chi connectivity index (χ0n) is 16.3. The van der Waals surface area contributed by atoms with E-state index in [2.05, 4.69) is 37.6 Å². The summed E-state index contributed by atoms with van der Waals surface area (Å²) in [5.41, 5.74) is 1.26. The Bertz CT molecular complexity index is 1050. The molecule has 1 aromatic carbocycles. The van der Waals surface area contributed by atoms with E-state index in [4.69, 9.17) is 11.6 Å². The lowest BCUT2D eigenvalue weighted by Crippen LogP contribution is -2.31. The molecule has 0 aliphatic carbocycles. The SMILES string of the molecule is CN1CCC(n2cc(Nc3ncc(Cl)c(Nc4cccc([N+](=O)[O-])c4)n3)cn2)CC1. The average Bonchev–Trinajstić information content (AvgIpc) is 3.20. The summed E-state index contributed by atoms with van der Waals surface area (Å²) in [5, 5.41) is 21.9. The van der Waals surface area contributed by atoms with E-state index in [9.17, 15) is 10.1 Å². The van der Waals surface area contributed by atoms with Gasteiger partial charge < -0.3 is 15.5 Å². The van der Waals surface area contributed by atoms with Crippen LogP contribution >= 0.6 is 11.6 Å². The second kappa shape index (κ2) is 8.64. The quantitative estimate of drug-likeness (QED) is 0.447. The lowest BCUT2D eigenvalue weighted by molar-refractivity contribution is -0.384. The van der Waals surface area contributed by atoms with Gasteiger partial charge in [-0.2, -0.15) is 10.1 Å². The summed E-state index contributed by atoms with van der Waals surface area (Å²) in [6.45, 7) is 2.11. The molecule has 11 heteroatoms. The van der Waals surface area contributed by atoms with Gasteiger partial charge in [0.25, 0.3) is 5.69 Å². The van der Waals surface area contributed by atoms with Gasteiger partial charge in [0.05, 0.1) is 29.0 Å². The molecular weight excluding hydrogens is 408 g/mol. The highest BCUT2D eigenvalue weighted by molar-refractivity contribution is 6.32. The van der Waals surface area contributed by atoms with Crippen molar-refractivity contribution in [3.63, 3.8) is 0 Å². The minimum absolute atomic E-state index is 0.0233. The molecule has 0 spiro atoms. The van der Waals surface area contributed by atoms with Crippen LogP contribution in [0.5, 0.6) is 0 Å². The van der Waals surface area contributed by atoms with Crippen molar-refractivity contribution in [3.8, 4) is 0 Å². The molecule has 1 fully saturated rings. The van der Waals surface area contributed by atoms with E-state index in [-0.39, 0.29) is 5.69 Å². The predicted molar refractivity (Wildman–Crippen MR) is 115 cm³/mol. The van der Waals surface area contributed by atoms with Crippen LogP contribution in [0.2, 0.25) is 5.02 Å². The van der Waals surface area contributed by atoms with Crippen molar-refractivity contribution >= 4 is 40.4 Å². The maximum atomic E-state index is 11.0. The maximum absolute atomic E-state index is 11.0. The normalized spacial score (nSPS) is 15.1. The second-order valence-electron chi connectivity index (χ2n) is 7.19. The molecule has 2 N–H and O–H groups in total. The number of halogens is 1. The monoisotopic (exact) mass is 428 g/mol. The highest BCUT2D eigenvalue weighted by atomic mass is 35.5. The first-order valence-electron chi connectivity index (χ1n) is 9.51. The number of nitro groups is 1. The Hall–Kier alpha value is -3.24. The summed E-state index contributed by atoms with van der Waals surface area (Å²) in [6, 6.07) is 6.50. The Kier molecular flexibility index (Phi) is 5.77. The fourth-order valence-corrected chi connectivity index (χ4v) is 3.48. The summed E-state index contributed by atoms with van der Waals surface area (Å²) >= 11 is 6.20. The molecule has 0 bridgehead atoms. The van der Waals surface area contributed by atoms with Crippen molar-refractivity contribution in [2.24, 2.45) is 0 Å². The number of hydrogen-bond acceptors (Lipinski definition) is 8. The van der Waals surface area contributed by atoms with Crippen LogP contribution in [0.4, 0.5) is 28.8 Å². The molecule has 0 saturated carbocycles.